The molecule has 2 rings (SSSR count). The van der Waals surface area contributed by atoms with Crippen LogP contribution in [0.1, 0.15) is 20.3 Å². The summed E-state index contributed by atoms with van der Waals surface area (Å²) in [5, 5.41) is 0. The quantitative estimate of drug-likeness (QED) is 0.817. The van der Waals surface area contributed by atoms with Crippen LogP contribution in [0.5, 0.6) is 0 Å². The Bertz CT molecular complexity index is 498. The highest BCUT2D eigenvalue weighted by Crippen LogP contribution is 2.21. The Morgan fingerprint density at radius 2 is 2.12 bits per heavy atom. The van der Waals surface area contributed by atoms with E-state index >= 15 is 0 Å². The molecule has 1 heterocycles. The highest BCUT2D eigenvalue weighted by Gasteiger charge is 2.17. The minimum absolute atomic E-state index is 0.0200. The molecule has 0 saturated carbocycles. The molecule has 0 bridgehead atoms. The van der Waals surface area contributed by atoms with Gasteiger partial charge in [0.15, 0.2) is 5.58 Å². The molecule has 0 spiro atoms. The third-order valence-corrected chi connectivity index (χ3v) is 2.53. The number of hydrogen-bond acceptors (Lipinski definition) is 3. The number of oxazole rings is 1. The van der Waals surface area contributed by atoms with Crippen LogP contribution in [0.15, 0.2) is 28.7 Å². The molecule has 0 aliphatic rings. The van der Waals surface area contributed by atoms with Crippen LogP contribution < -0.4 is 4.90 Å². The maximum atomic E-state index is 11.9. The van der Waals surface area contributed by atoms with Crippen LogP contribution in [0, 0.1) is 5.92 Å². The van der Waals surface area contributed by atoms with E-state index in [4.69, 9.17) is 4.42 Å². The second kappa shape index (κ2) is 4.57. The Kier molecular flexibility index (Phi) is 3.13. The number of rotatable bonds is 3. The maximum Gasteiger partial charge on any atom is 0.304 e. The van der Waals surface area contributed by atoms with Gasteiger partial charge in [0.25, 0.3) is 0 Å². The maximum absolute atomic E-state index is 11.9. The van der Waals surface area contributed by atoms with Gasteiger partial charge in [-0.3, -0.25) is 9.69 Å². The normalized spacial score (nSPS) is 11.1. The highest BCUT2D eigenvalue weighted by molar-refractivity contribution is 5.92. The zero-order chi connectivity index (χ0) is 12.4. The van der Waals surface area contributed by atoms with Crippen molar-refractivity contribution in [2.45, 2.75) is 20.3 Å². The SMILES string of the molecule is CC(C)CC(=O)N(C)c1nc2ccccc2o1. The third-order valence-electron chi connectivity index (χ3n) is 2.53. The predicted octanol–water partition coefficient (Wildman–Crippen LogP) is 2.84. The molecule has 4 heteroatoms. The summed E-state index contributed by atoms with van der Waals surface area (Å²) < 4.78 is 5.53. The second-order valence-corrected chi connectivity index (χ2v) is 4.51. The van der Waals surface area contributed by atoms with Gasteiger partial charge in [0.2, 0.25) is 5.91 Å². The molecule has 4 nitrogen and oxygen atoms in total. The average Bonchev–Trinajstić information content (AvgIpc) is 2.70. The number of para-hydroxylation sites is 2. The number of carbonyl (C=O) groups is 1. The fraction of sp³-hybridized carbons (Fsp3) is 0.385. The molecule has 17 heavy (non-hydrogen) atoms. The number of amides is 1. The van der Waals surface area contributed by atoms with E-state index in [2.05, 4.69) is 4.98 Å². The molecule has 0 radical (unpaired) electrons. The summed E-state index contributed by atoms with van der Waals surface area (Å²) >= 11 is 0. The van der Waals surface area contributed by atoms with E-state index in [1.807, 2.05) is 38.1 Å². The van der Waals surface area contributed by atoms with Gasteiger partial charge in [-0.25, -0.2) is 0 Å². The van der Waals surface area contributed by atoms with Gasteiger partial charge in [0, 0.05) is 13.5 Å². The van der Waals surface area contributed by atoms with Crippen LogP contribution >= 0.6 is 0 Å². The lowest BCUT2D eigenvalue weighted by molar-refractivity contribution is -0.119. The van der Waals surface area contributed by atoms with Crippen molar-refractivity contribution in [2.75, 3.05) is 11.9 Å². The van der Waals surface area contributed by atoms with E-state index in [0.717, 1.165) is 5.52 Å². The van der Waals surface area contributed by atoms with Gasteiger partial charge in [-0.15, -0.1) is 0 Å². The Morgan fingerprint density at radius 3 is 2.76 bits per heavy atom. The fourth-order valence-electron chi connectivity index (χ4n) is 1.60. The van der Waals surface area contributed by atoms with E-state index < -0.39 is 0 Å². The van der Waals surface area contributed by atoms with Crippen LogP contribution in [0.4, 0.5) is 6.01 Å². The third kappa shape index (κ3) is 2.46. The van der Waals surface area contributed by atoms with Crippen molar-refractivity contribution >= 4 is 23.0 Å². The van der Waals surface area contributed by atoms with Gasteiger partial charge in [0.05, 0.1) is 0 Å². The molecule has 0 fully saturated rings. The standard InChI is InChI=1S/C13H16N2O2/c1-9(2)8-12(16)15(3)13-14-10-6-4-5-7-11(10)17-13/h4-7,9H,8H2,1-3H3. The summed E-state index contributed by atoms with van der Waals surface area (Å²) in [5.41, 5.74) is 1.47. The Labute approximate surface area is 100 Å². The lowest BCUT2D eigenvalue weighted by Crippen LogP contribution is -2.27. The van der Waals surface area contributed by atoms with Crippen LogP contribution in [-0.2, 0) is 4.79 Å². The van der Waals surface area contributed by atoms with Crippen molar-refractivity contribution in [3.8, 4) is 0 Å². The first-order valence-electron chi connectivity index (χ1n) is 5.70. The van der Waals surface area contributed by atoms with Crippen LogP contribution in [-0.4, -0.2) is 17.9 Å². The van der Waals surface area contributed by atoms with Crippen LogP contribution in [0.2, 0.25) is 0 Å². The Morgan fingerprint density at radius 1 is 1.41 bits per heavy atom. The lowest BCUT2D eigenvalue weighted by Gasteiger charge is -2.13. The molecule has 1 aromatic carbocycles. The van der Waals surface area contributed by atoms with Crippen LogP contribution in [0.3, 0.4) is 0 Å². The highest BCUT2D eigenvalue weighted by atomic mass is 16.4. The monoisotopic (exact) mass is 232 g/mol. The van der Waals surface area contributed by atoms with E-state index in [0.29, 0.717) is 23.9 Å². The summed E-state index contributed by atoms with van der Waals surface area (Å²) in [7, 11) is 1.69. The number of nitrogens with zero attached hydrogens (tertiary/aromatic N) is 2. The van der Waals surface area contributed by atoms with Gasteiger partial charge >= 0.3 is 6.01 Å². The van der Waals surface area contributed by atoms with E-state index in [9.17, 15) is 4.79 Å². The van der Waals surface area contributed by atoms with Gasteiger partial charge in [-0.1, -0.05) is 26.0 Å². The Balaban J connectivity index is 2.24. The fourth-order valence-corrected chi connectivity index (χ4v) is 1.60. The smallest absolute Gasteiger partial charge is 0.304 e. The lowest BCUT2D eigenvalue weighted by atomic mass is 10.1. The minimum Gasteiger partial charge on any atom is -0.423 e. The van der Waals surface area contributed by atoms with Crippen molar-refractivity contribution in [2.24, 2.45) is 5.92 Å². The zero-order valence-electron chi connectivity index (χ0n) is 10.3. The van der Waals surface area contributed by atoms with Gasteiger partial charge in [-0.05, 0) is 18.1 Å². The van der Waals surface area contributed by atoms with Crippen molar-refractivity contribution in [1.82, 2.24) is 4.98 Å². The van der Waals surface area contributed by atoms with Gasteiger partial charge in [-0.2, -0.15) is 4.98 Å². The summed E-state index contributed by atoms with van der Waals surface area (Å²) in [5.74, 6) is 0.348. The minimum atomic E-state index is 0.0200. The van der Waals surface area contributed by atoms with Crippen molar-refractivity contribution in [1.29, 1.82) is 0 Å². The van der Waals surface area contributed by atoms with E-state index in [-0.39, 0.29) is 5.91 Å². The molecule has 2 aromatic rings. The molecule has 0 unspecified atom stereocenters. The van der Waals surface area contributed by atoms with Crippen molar-refractivity contribution in [3.05, 3.63) is 24.3 Å². The summed E-state index contributed by atoms with van der Waals surface area (Å²) in [6.45, 7) is 4.02. The molecule has 1 amide bonds. The number of anilines is 1. The molecule has 1 aromatic heterocycles. The molecule has 0 saturated heterocycles. The second-order valence-electron chi connectivity index (χ2n) is 4.51. The number of aromatic nitrogens is 1. The first-order chi connectivity index (χ1) is 8.08. The summed E-state index contributed by atoms with van der Waals surface area (Å²) in [6.07, 6.45) is 0.495. The molecule has 0 atom stereocenters. The first-order valence-corrected chi connectivity index (χ1v) is 5.70. The number of hydrogen-bond donors (Lipinski definition) is 0. The van der Waals surface area contributed by atoms with Crippen molar-refractivity contribution in [3.63, 3.8) is 0 Å². The first kappa shape index (κ1) is 11.6. The zero-order valence-corrected chi connectivity index (χ0v) is 10.3. The number of benzene rings is 1. The number of carbonyl (C=O) groups excluding carboxylic acids is 1. The largest absolute Gasteiger partial charge is 0.423 e. The molecule has 0 N–H and O–H groups in total. The molecule has 0 aliphatic carbocycles. The van der Waals surface area contributed by atoms with Gasteiger partial charge < -0.3 is 4.42 Å². The van der Waals surface area contributed by atoms with E-state index in [1.165, 1.54) is 4.90 Å². The Hall–Kier alpha value is -1.84. The van der Waals surface area contributed by atoms with Gasteiger partial charge in [0.1, 0.15) is 5.52 Å². The van der Waals surface area contributed by atoms with Crippen LogP contribution in [0.25, 0.3) is 11.1 Å². The topological polar surface area (TPSA) is 46.3 Å². The molecular formula is C13H16N2O2. The predicted molar refractivity (Wildman–Crippen MR) is 66.9 cm³/mol. The molecule has 0 aliphatic heterocycles. The average molecular weight is 232 g/mol. The summed E-state index contributed by atoms with van der Waals surface area (Å²) in [6, 6.07) is 7.84. The number of fused-ring (bicyclic) bond motifs is 1. The molecule has 90 valence electrons. The summed E-state index contributed by atoms with van der Waals surface area (Å²) in [4.78, 5) is 17.6. The van der Waals surface area contributed by atoms with E-state index in [1.54, 1.807) is 7.05 Å². The molecular weight excluding hydrogens is 216 g/mol. The van der Waals surface area contributed by atoms with Crippen molar-refractivity contribution < 1.29 is 9.21 Å².